The number of hydrogen-bond donors (Lipinski definition) is 0. The standard InChI is InChI=1S/C8H6F3N/c9-4-7(8(10)11)6-2-1-3-12-5-6/h1-5,8H/b7-4+. The van der Waals surface area contributed by atoms with Crippen molar-refractivity contribution in [1.29, 1.82) is 0 Å². The van der Waals surface area contributed by atoms with Gasteiger partial charge in [0.25, 0.3) is 6.43 Å². The van der Waals surface area contributed by atoms with Gasteiger partial charge in [-0.25, -0.2) is 13.2 Å². The van der Waals surface area contributed by atoms with Crippen molar-refractivity contribution in [3.8, 4) is 0 Å². The van der Waals surface area contributed by atoms with Crippen molar-refractivity contribution in [2.24, 2.45) is 0 Å². The average molecular weight is 173 g/mol. The predicted molar refractivity (Wildman–Crippen MR) is 39.3 cm³/mol. The molecule has 12 heavy (non-hydrogen) atoms. The first-order valence-corrected chi connectivity index (χ1v) is 3.24. The maximum atomic E-state index is 12.0. The Hall–Kier alpha value is -1.32. The highest BCUT2D eigenvalue weighted by atomic mass is 19.3. The molecule has 0 aliphatic carbocycles. The van der Waals surface area contributed by atoms with E-state index in [0.29, 0.717) is 0 Å². The minimum absolute atomic E-state index is 0.0956. The molecule has 1 heterocycles. The highest BCUT2D eigenvalue weighted by molar-refractivity contribution is 5.65. The number of alkyl halides is 2. The lowest BCUT2D eigenvalue weighted by Gasteiger charge is -2.02. The molecule has 0 bridgehead atoms. The number of halogens is 3. The number of pyridine rings is 1. The summed E-state index contributed by atoms with van der Waals surface area (Å²) in [6.45, 7) is 0. The highest BCUT2D eigenvalue weighted by Crippen LogP contribution is 2.20. The van der Waals surface area contributed by atoms with E-state index in [2.05, 4.69) is 4.98 Å². The van der Waals surface area contributed by atoms with Crippen molar-refractivity contribution in [3.05, 3.63) is 36.4 Å². The topological polar surface area (TPSA) is 12.9 Å². The molecule has 0 radical (unpaired) electrons. The average Bonchev–Trinajstić information content (AvgIpc) is 2.07. The van der Waals surface area contributed by atoms with Crippen LogP contribution in [-0.2, 0) is 0 Å². The van der Waals surface area contributed by atoms with Crippen LogP contribution < -0.4 is 0 Å². The van der Waals surface area contributed by atoms with Crippen LogP contribution in [0.3, 0.4) is 0 Å². The van der Waals surface area contributed by atoms with Gasteiger partial charge in [-0.3, -0.25) is 4.98 Å². The van der Waals surface area contributed by atoms with Gasteiger partial charge >= 0.3 is 0 Å². The van der Waals surface area contributed by atoms with E-state index < -0.39 is 12.0 Å². The Balaban J connectivity index is 2.97. The molecule has 0 saturated heterocycles. The Labute approximate surface area is 67.6 Å². The summed E-state index contributed by atoms with van der Waals surface area (Å²) >= 11 is 0. The summed E-state index contributed by atoms with van der Waals surface area (Å²) in [5.41, 5.74) is -0.530. The van der Waals surface area contributed by atoms with Crippen molar-refractivity contribution in [2.75, 3.05) is 0 Å². The van der Waals surface area contributed by atoms with Gasteiger partial charge in [-0.1, -0.05) is 6.07 Å². The van der Waals surface area contributed by atoms with Gasteiger partial charge in [0.2, 0.25) is 0 Å². The minimum atomic E-state index is -2.81. The van der Waals surface area contributed by atoms with Crippen molar-refractivity contribution >= 4 is 5.57 Å². The van der Waals surface area contributed by atoms with E-state index in [9.17, 15) is 13.2 Å². The van der Waals surface area contributed by atoms with Crippen LogP contribution in [0.1, 0.15) is 5.56 Å². The Kier molecular flexibility index (Phi) is 2.85. The lowest BCUT2D eigenvalue weighted by Crippen LogP contribution is -1.95. The van der Waals surface area contributed by atoms with Gasteiger partial charge in [-0.2, -0.15) is 0 Å². The Morgan fingerprint density at radius 2 is 2.25 bits per heavy atom. The molecule has 4 heteroatoms. The summed E-state index contributed by atoms with van der Waals surface area (Å²) in [4.78, 5) is 3.60. The fourth-order valence-electron chi connectivity index (χ4n) is 0.770. The Bertz CT molecular complexity index is 269. The second-order valence-corrected chi connectivity index (χ2v) is 2.11. The molecule has 0 aliphatic rings. The molecule has 0 N–H and O–H groups in total. The summed E-state index contributed by atoms with van der Waals surface area (Å²) in [6, 6.07) is 2.85. The van der Waals surface area contributed by atoms with Crippen LogP contribution in [0.5, 0.6) is 0 Å². The van der Waals surface area contributed by atoms with Gasteiger partial charge in [0.1, 0.15) is 0 Å². The maximum absolute atomic E-state index is 12.0. The van der Waals surface area contributed by atoms with Crippen LogP contribution in [0.4, 0.5) is 13.2 Å². The summed E-state index contributed by atoms with van der Waals surface area (Å²) in [5, 5.41) is 0. The van der Waals surface area contributed by atoms with E-state index in [0.717, 1.165) is 0 Å². The lowest BCUT2D eigenvalue weighted by atomic mass is 10.1. The van der Waals surface area contributed by atoms with E-state index >= 15 is 0 Å². The fourth-order valence-corrected chi connectivity index (χ4v) is 0.770. The van der Waals surface area contributed by atoms with Crippen molar-refractivity contribution < 1.29 is 13.2 Å². The summed E-state index contributed by atoms with van der Waals surface area (Å²) in [5.74, 6) is 0. The summed E-state index contributed by atoms with van der Waals surface area (Å²) in [6.07, 6.45) is -0.274. The molecule has 64 valence electrons. The van der Waals surface area contributed by atoms with Gasteiger partial charge in [0.05, 0.1) is 11.9 Å². The van der Waals surface area contributed by atoms with Gasteiger partial charge in [0.15, 0.2) is 0 Å². The lowest BCUT2D eigenvalue weighted by molar-refractivity contribution is 0.214. The molecule has 0 spiro atoms. The molecule has 1 rings (SSSR count). The molecule has 0 amide bonds. The molecule has 1 nitrogen and oxygen atoms in total. The van der Waals surface area contributed by atoms with Gasteiger partial charge < -0.3 is 0 Å². The molecular formula is C8H6F3N. The first kappa shape index (κ1) is 8.77. The first-order chi connectivity index (χ1) is 5.75. The number of aromatic nitrogens is 1. The molecule has 0 atom stereocenters. The van der Waals surface area contributed by atoms with Crippen LogP contribution in [0.2, 0.25) is 0 Å². The van der Waals surface area contributed by atoms with Crippen LogP contribution in [0, 0.1) is 0 Å². The zero-order valence-corrected chi connectivity index (χ0v) is 6.05. The largest absolute Gasteiger partial charge is 0.266 e. The van der Waals surface area contributed by atoms with Crippen molar-refractivity contribution in [2.45, 2.75) is 6.43 Å². The monoisotopic (exact) mass is 173 g/mol. The fraction of sp³-hybridized carbons (Fsp3) is 0.125. The smallest absolute Gasteiger partial charge is 0.264 e. The third kappa shape index (κ3) is 1.84. The molecular weight excluding hydrogens is 167 g/mol. The quantitative estimate of drug-likeness (QED) is 0.669. The molecule has 0 aromatic carbocycles. The second kappa shape index (κ2) is 3.90. The second-order valence-electron chi connectivity index (χ2n) is 2.11. The van der Waals surface area contributed by atoms with Crippen LogP contribution in [0.15, 0.2) is 30.9 Å². The third-order valence-corrected chi connectivity index (χ3v) is 1.35. The molecule has 0 unspecified atom stereocenters. The zero-order valence-electron chi connectivity index (χ0n) is 6.05. The van der Waals surface area contributed by atoms with Crippen molar-refractivity contribution in [3.63, 3.8) is 0 Å². The van der Waals surface area contributed by atoms with E-state index in [1.807, 2.05) is 0 Å². The van der Waals surface area contributed by atoms with Gasteiger partial charge in [0, 0.05) is 18.0 Å². The zero-order chi connectivity index (χ0) is 8.97. The van der Waals surface area contributed by atoms with E-state index in [1.54, 1.807) is 0 Å². The van der Waals surface area contributed by atoms with E-state index in [4.69, 9.17) is 0 Å². The van der Waals surface area contributed by atoms with Crippen LogP contribution >= 0.6 is 0 Å². The van der Waals surface area contributed by atoms with Crippen molar-refractivity contribution in [1.82, 2.24) is 4.98 Å². The van der Waals surface area contributed by atoms with Crippen LogP contribution in [-0.4, -0.2) is 11.4 Å². The Morgan fingerprint density at radius 1 is 1.50 bits per heavy atom. The van der Waals surface area contributed by atoms with Gasteiger partial charge in [-0.05, 0) is 6.07 Å². The molecule has 0 aliphatic heterocycles. The molecule has 0 fully saturated rings. The maximum Gasteiger partial charge on any atom is 0.266 e. The number of allylic oxidation sites excluding steroid dienone is 1. The summed E-state index contributed by atoms with van der Waals surface area (Å²) < 4.78 is 36.0. The summed E-state index contributed by atoms with van der Waals surface area (Å²) in [7, 11) is 0. The van der Waals surface area contributed by atoms with E-state index in [-0.39, 0.29) is 11.9 Å². The van der Waals surface area contributed by atoms with Gasteiger partial charge in [-0.15, -0.1) is 0 Å². The van der Waals surface area contributed by atoms with Crippen LogP contribution in [0.25, 0.3) is 5.57 Å². The first-order valence-electron chi connectivity index (χ1n) is 3.24. The number of nitrogens with zero attached hydrogens (tertiary/aromatic N) is 1. The molecule has 1 aromatic heterocycles. The predicted octanol–water partition coefficient (Wildman–Crippen LogP) is 2.66. The minimum Gasteiger partial charge on any atom is -0.264 e. The molecule has 0 saturated carbocycles. The normalized spacial score (nSPS) is 12.2. The highest BCUT2D eigenvalue weighted by Gasteiger charge is 2.13. The number of rotatable bonds is 2. The number of hydrogen-bond acceptors (Lipinski definition) is 1. The van der Waals surface area contributed by atoms with E-state index in [1.165, 1.54) is 24.5 Å². The molecule has 1 aromatic rings. The Morgan fingerprint density at radius 3 is 2.67 bits per heavy atom. The third-order valence-electron chi connectivity index (χ3n) is 1.35. The SMILES string of the molecule is F/C=C(\c1cccnc1)C(F)F.